The summed E-state index contributed by atoms with van der Waals surface area (Å²) in [7, 11) is 0. The van der Waals surface area contributed by atoms with Crippen molar-refractivity contribution in [3.05, 3.63) is 0 Å². The Labute approximate surface area is 66.3 Å². The summed E-state index contributed by atoms with van der Waals surface area (Å²) in [5.74, 6) is 0. The molecule has 1 heterocycles. The molecule has 0 saturated heterocycles. The van der Waals surface area contributed by atoms with E-state index in [4.69, 9.17) is 0 Å². The van der Waals surface area contributed by atoms with Gasteiger partial charge in [0.2, 0.25) is 0 Å². The second-order valence-corrected chi connectivity index (χ2v) is 3.41. The van der Waals surface area contributed by atoms with E-state index in [0.29, 0.717) is 11.8 Å². The fraction of sp³-hybridized carbons (Fsp3) is 0.800. The number of hydrogen-bond acceptors (Lipinski definition) is 3. The van der Waals surface area contributed by atoms with Gasteiger partial charge in [0, 0.05) is 0 Å². The largest absolute Gasteiger partial charge is 0.439 e. The number of alkyl halides is 3. The first-order valence-electron chi connectivity index (χ1n) is 3.02. The minimum atomic E-state index is -4.28. The highest BCUT2D eigenvalue weighted by molar-refractivity contribution is 8.14. The molecule has 0 aromatic heterocycles. The lowest BCUT2D eigenvalue weighted by Crippen LogP contribution is -2.34. The highest BCUT2D eigenvalue weighted by Crippen LogP contribution is 2.28. The molecule has 0 amide bonds. The Balaban J connectivity index is 2.65. The predicted octanol–water partition coefficient (Wildman–Crippen LogP) is 1.59. The van der Waals surface area contributed by atoms with Crippen LogP contribution in [0.3, 0.4) is 0 Å². The first-order chi connectivity index (χ1) is 5.00. The van der Waals surface area contributed by atoms with E-state index in [9.17, 15) is 13.2 Å². The van der Waals surface area contributed by atoms with Gasteiger partial charge >= 0.3 is 6.18 Å². The Bertz CT molecular complexity index is 177. The summed E-state index contributed by atoms with van der Waals surface area (Å²) >= 11 is 0.707. The summed E-state index contributed by atoms with van der Waals surface area (Å²) in [6.07, 6.45) is -4.28. The van der Waals surface area contributed by atoms with Gasteiger partial charge in [0.1, 0.15) is 0 Å². The molecule has 11 heavy (non-hydrogen) atoms. The number of nitrogens with zero attached hydrogens (tertiary/aromatic N) is 1. The standard InChI is InChI=1S/C5H7F3N2S/c1-3-9-2-10-4(11-3)5(6,7)8/h3,9H,2H2,1H3. The van der Waals surface area contributed by atoms with Gasteiger partial charge in [-0.05, 0) is 6.92 Å². The SMILES string of the molecule is CC1NCN=C(C(F)(F)F)S1. The summed E-state index contributed by atoms with van der Waals surface area (Å²) in [4.78, 5) is 3.29. The maximum absolute atomic E-state index is 11.9. The lowest BCUT2D eigenvalue weighted by molar-refractivity contribution is -0.0558. The van der Waals surface area contributed by atoms with Crippen LogP contribution in [-0.4, -0.2) is 23.3 Å². The van der Waals surface area contributed by atoms with Gasteiger partial charge in [-0.3, -0.25) is 10.3 Å². The van der Waals surface area contributed by atoms with Crippen LogP contribution in [-0.2, 0) is 0 Å². The number of thioether (sulfide) groups is 1. The second kappa shape index (κ2) is 3.02. The molecular formula is C5H7F3N2S. The summed E-state index contributed by atoms with van der Waals surface area (Å²) in [6, 6.07) is 0. The fourth-order valence-electron chi connectivity index (χ4n) is 0.649. The van der Waals surface area contributed by atoms with Crippen molar-refractivity contribution in [1.29, 1.82) is 0 Å². The summed E-state index contributed by atoms with van der Waals surface area (Å²) in [6.45, 7) is 1.73. The van der Waals surface area contributed by atoms with E-state index in [0.717, 1.165) is 0 Å². The van der Waals surface area contributed by atoms with Gasteiger partial charge < -0.3 is 0 Å². The monoisotopic (exact) mass is 184 g/mol. The summed E-state index contributed by atoms with van der Waals surface area (Å²) < 4.78 is 35.8. The van der Waals surface area contributed by atoms with Gasteiger partial charge in [0.25, 0.3) is 0 Å². The molecule has 2 nitrogen and oxygen atoms in total. The van der Waals surface area contributed by atoms with Gasteiger partial charge in [-0.25, -0.2) is 0 Å². The van der Waals surface area contributed by atoms with Crippen LogP contribution in [0.2, 0.25) is 0 Å². The Morgan fingerprint density at radius 1 is 1.64 bits per heavy atom. The van der Waals surface area contributed by atoms with E-state index in [1.165, 1.54) is 0 Å². The zero-order valence-corrected chi connectivity index (χ0v) is 6.59. The van der Waals surface area contributed by atoms with Crippen LogP contribution >= 0.6 is 11.8 Å². The summed E-state index contributed by atoms with van der Waals surface area (Å²) in [5.41, 5.74) is 0. The van der Waals surface area contributed by atoms with Crippen molar-refractivity contribution in [3.63, 3.8) is 0 Å². The Morgan fingerprint density at radius 3 is 2.64 bits per heavy atom. The molecule has 0 bridgehead atoms. The van der Waals surface area contributed by atoms with Crippen LogP contribution in [0.1, 0.15) is 6.92 Å². The molecule has 64 valence electrons. The molecule has 0 aromatic carbocycles. The van der Waals surface area contributed by atoms with Crippen LogP contribution < -0.4 is 5.32 Å². The third kappa shape index (κ3) is 2.37. The molecule has 1 unspecified atom stereocenters. The molecule has 1 rings (SSSR count). The van der Waals surface area contributed by atoms with Crippen molar-refractivity contribution in [3.8, 4) is 0 Å². The van der Waals surface area contributed by atoms with Crippen molar-refractivity contribution in [2.75, 3.05) is 6.67 Å². The fourth-order valence-corrected chi connectivity index (χ4v) is 1.41. The van der Waals surface area contributed by atoms with Crippen molar-refractivity contribution in [2.45, 2.75) is 18.5 Å². The van der Waals surface area contributed by atoms with Crippen LogP contribution in [0.25, 0.3) is 0 Å². The van der Waals surface area contributed by atoms with Crippen molar-refractivity contribution in [1.82, 2.24) is 5.32 Å². The van der Waals surface area contributed by atoms with Crippen molar-refractivity contribution < 1.29 is 13.2 Å². The normalized spacial score (nSPS) is 26.5. The van der Waals surface area contributed by atoms with Crippen molar-refractivity contribution >= 4 is 16.8 Å². The topological polar surface area (TPSA) is 24.4 Å². The third-order valence-corrected chi connectivity index (χ3v) is 2.24. The van der Waals surface area contributed by atoms with E-state index in [1.54, 1.807) is 6.92 Å². The number of aliphatic imine (C=N–C) groups is 1. The minimum Gasteiger partial charge on any atom is -0.286 e. The van der Waals surface area contributed by atoms with Gasteiger partial charge in [-0.2, -0.15) is 13.2 Å². The van der Waals surface area contributed by atoms with Gasteiger partial charge in [0.15, 0.2) is 5.04 Å². The molecular weight excluding hydrogens is 177 g/mol. The van der Waals surface area contributed by atoms with Crippen molar-refractivity contribution in [2.24, 2.45) is 4.99 Å². The maximum atomic E-state index is 11.9. The molecule has 0 radical (unpaired) electrons. The number of halogens is 3. The molecule has 1 aliphatic heterocycles. The Morgan fingerprint density at radius 2 is 2.27 bits per heavy atom. The van der Waals surface area contributed by atoms with E-state index in [-0.39, 0.29) is 12.0 Å². The molecule has 1 N–H and O–H groups in total. The lowest BCUT2D eigenvalue weighted by atomic mass is 10.7. The van der Waals surface area contributed by atoms with E-state index >= 15 is 0 Å². The van der Waals surface area contributed by atoms with E-state index in [1.807, 2.05) is 0 Å². The van der Waals surface area contributed by atoms with Crippen LogP contribution in [0.5, 0.6) is 0 Å². The molecule has 0 aliphatic carbocycles. The number of nitrogens with one attached hydrogen (secondary N) is 1. The molecule has 0 spiro atoms. The molecule has 0 saturated carbocycles. The molecule has 1 atom stereocenters. The van der Waals surface area contributed by atoms with Gasteiger partial charge in [-0.15, -0.1) is 0 Å². The van der Waals surface area contributed by atoms with Crippen LogP contribution in [0.15, 0.2) is 4.99 Å². The van der Waals surface area contributed by atoms with Crippen LogP contribution in [0.4, 0.5) is 13.2 Å². The van der Waals surface area contributed by atoms with E-state index in [2.05, 4.69) is 10.3 Å². The Hall–Kier alpha value is -0.230. The first kappa shape index (κ1) is 8.86. The maximum Gasteiger partial charge on any atom is 0.439 e. The Kier molecular flexibility index (Phi) is 2.43. The highest BCUT2D eigenvalue weighted by atomic mass is 32.2. The third-order valence-electron chi connectivity index (χ3n) is 1.13. The van der Waals surface area contributed by atoms with E-state index < -0.39 is 11.2 Å². The molecule has 1 aliphatic rings. The smallest absolute Gasteiger partial charge is 0.286 e. The van der Waals surface area contributed by atoms with Crippen LogP contribution in [0, 0.1) is 0 Å². The average molecular weight is 184 g/mol. The van der Waals surface area contributed by atoms with Gasteiger partial charge in [0.05, 0.1) is 12.0 Å². The predicted molar refractivity (Wildman–Crippen MR) is 38.5 cm³/mol. The average Bonchev–Trinajstić information content (AvgIpc) is 1.86. The summed E-state index contributed by atoms with van der Waals surface area (Å²) in [5, 5.41) is 1.82. The second-order valence-electron chi connectivity index (χ2n) is 2.08. The molecule has 0 aromatic rings. The minimum absolute atomic E-state index is 0.0585. The first-order valence-corrected chi connectivity index (χ1v) is 3.90. The molecule has 6 heteroatoms. The number of rotatable bonds is 0. The zero-order valence-electron chi connectivity index (χ0n) is 5.77. The van der Waals surface area contributed by atoms with Gasteiger partial charge in [-0.1, -0.05) is 11.8 Å². The quantitative estimate of drug-likeness (QED) is 0.618. The lowest BCUT2D eigenvalue weighted by Gasteiger charge is -2.20. The number of hydrogen-bond donors (Lipinski definition) is 1. The zero-order chi connectivity index (χ0) is 8.48. The molecule has 0 fully saturated rings. The highest BCUT2D eigenvalue weighted by Gasteiger charge is 2.38.